The van der Waals surface area contributed by atoms with Crippen molar-refractivity contribution in [2.75, 3.05) is 36.0 Å². The van der Waals surface area contributed by atoms with E-state index in [-0.39, 0.29) is 18.4 Å². The van der Waals surface area contributed by atoms with Gasteiger partial charge in [-0.1, -0.05) is 0 Å². The standard InChI is InChI=1S/C14H18N4O2/c15-10-5-9-6-13(19)17-11(9)7-12(10)16-8-14(20)18-3-1-2-4-18/h5,7,16H,1-4,6,8,15H2,(H,17,19). The third-order valence-corrected chi connectivity index (χ3v) is 3.79. The van der Waals surface area contributed by atoms with Gasteiger partial charge in [-0.05, 0) is 30.5 Å². The number of carbonyl (C=O) groups is 2. The van der Waals surface area contributed by atoms with Crippen LogP contribution in [0.4, 0.5) is 17.1 Å². The molecule has 2 aliphatic rings. The fourth-order valence-corrected chi connectivity index (χ4v) is 2.70. The molecule has 3 rings (SSSR count). The molecule has 0 bridgehead atoms. The molecule has 2 aliphatic heterocycles. The van der Waals surface area contributed by atoms with E-state index in [0.717, 1.165) is 37.2 Å². The average molecular weight is 274 g/mol. The summed E-state index contributed by atoms with van der Waals surface area (Å²) in [6.07, 6.45) is 2.53. The summed E-state index contributed by atoms with van der Waals surface area (Å²) in [5.74, 6) is 0.0659. The van der Waals surface area contributed by atoms with Crippen molar-refractivity contribution in [3.8, 4) is 0 Å². The highest BCUT2D eigenvalue weighted by Crippen LogP contribution is 2.31. The molecule has 0 atom stereocenters. The summed E-state index contributed by atoms with van der Waals surface area (Å²) in [7, 11) is 0. The molecule has 2 heterocycles. The van der Waals surface area contributed by atoms with E-state index in [1.165, 1.54) is 0 Å². The Balaban J connectivity index is 1.67. The van der Waals surface area contributed by atoms with E-state index in [2.05, 4.69) is 10.6 Å². The normalized spacial score (nSPS) is 17.0. The third kappa shape index (κ3) is 2.41. The monoisotopic (exact) mass is 274 g/mol. The molecule has 6 nitrogen and oxygen atoms in total. The molecule has 0 aliphatic carbocycles. The van der Waals surface area contributed by atoms with Crippen LogP contribution in [0.5, 0.6) is 0 Å². The molecular formula is C14H18N4O2. The van der Waals surface area contributed by atoms with Crippen LogP contribution in [0, 0.1) is 0 Å². The van der Waals surface area contributed by atoms with Crippen molar-refractivity contribution in [3.05, 3.63) is 17.7 Å². The maximum Gasteiger partial charge on any atom is 0.241 e. The van der Waals surface area contributed by atoms with E-state index in [4.69, 9.17) is 5.73 Å². The molecule has 0 saturated carbocycles. The number of hydrogen-bond donors (Lipinski definition) is 3. The van der Waals surface area contributed by atoms with E-state index in [1.807, 2.05) is 4.90 Å². The van der Waals surface area contributed by atoms with Crippen molar-refractivity contribution in [1.82, 2.24) is 4.90 Å². The van der Waals surface area contributed by atoms with Gasteiger partial charge >= 0.3 is 0 Å². The largest absolute Gasteiger partial charge is 0.397 e. The quantitative estimate of drug-likeness (QED) is 0.711. The van der Waals surface area contributed by atoms with Gasteiger partial charge in [0.1, 0.15) is 0 Å². The zero-order valence-corrected chi connectivity index (χ0v) is 11.2. The smallest absolute Gasteiger partial charge is 0.241 e. The molecule has 106 valence electrons. The Kier molecular flexibility index (Phi) is 3.22. The van der Waals surface area contributed by atoms with Gasteiger partial charge in [-0.25, -0.2) is 0 Å². The number of anilines is 3. The van der Waals surface area contributed by atoms with Crippen molar-refractivity contribution in [2.45, 2.75) is 19.3 Å². The number of nitrogens with two attached hydrogens (primary N) is 1. The summed E-state index contributed by atoms with van der Waals surface area (Å²) in [6, 6.07) is 3.59. The molecule has 1 fully saturated rings. The number of nitrogens with zero attached hydrogens (tertiary/aromatic N) is 1. The molecule has 0 unspecified atom stereocenters. The van der Waals surface area contributed by atoms with Crippen LogP contribution >= 0.6 is 0 Å². The number of hydrogen-bond acceptors (Lipinski definition) is 4. The summed E-state index contributed by atoms with van der Waals surface area (Å²) >= 11 is 0. The lowest BCUT2D eigenvalue weighted by Crippen LogP contribution is -2.33. The predicted octanol–water partition coefficient (Wildman–Crippen LogP) is 0.798. The molecule has 1 saturated heterocycles. The van der Waals surface area contributed by atoms with Crippen LogP contribution in [0.3, 0.4) is 0 Å². The average Bonchev–Trinajstić information content (AvgIpc) is 3.03. The van der Waals surface area contributed by atoms with E-state index in [1.54, 1.807) is 12.1 Å². The molecule has 0 spiro atoms. The number of nitrogen functional groups attached to an aromatic ring is 1. The van der Waals surface area contributed by atoms with Crippen molar-refractivity contribution >= 4 is 28.9 Å². The fraction of sp³-hybridized carbons (Fsp3) is 0.429. The van der Waals surface area contributed by atoms with Gasteiger partial charge in [0, 0.05) is 18.8 Å². The zero-order chi connectivity index (χ0) is 14.1. The fourth-order valence-electron chi connectivity index (χ4n) is 2.70. The molecule has 0 radical (unpaired) electrons. The Bertz CT molecular complexity index is 565. The Morgan fingerprint density at radius 1 is 1.35 bits per heavy atom. The highest BCUT2D eigenvalue weighted by Gasteiger charge is 2.21. The molecule has 0 aromatic heterocycles. The van der Waals surface area contributed by atoms with E-state index in [0.29, 0.717) is 17.8 Å². The maximum atomic E-state index is 12.0. The number of benzene rings is 1. The first-order valence-corrected chi connectivity index (χ1v) is 6.87. The van der Waals surface area contributed by atoms with Crippen LogP contribution in [0.25, 0.3) is 0 Å². The Hall–Kier alpha value is -2.24. The Morgan fingerprint density at radius 2 is 2.10 bits per heavy atom. The molecule has 6 heteroatoms. The van der Waals surface area contributed by atoms with Crippen LogP contribution in [0.2, 0.25) is 0 Å². The van der Waals surface area contributed by atoms with Gasteiger partial charge in [-0.2, -0.15) is 0 Å². The van der Waals surface area contributed by atoms with Crippen LogP contribution < -0.4 is 16.4 Å². The molecule has 2 amide bonds. The zero-order valence-electron chi connectivity index (χ0n) is 11.2. The second-order valence-electron chi connectivity index (χ2n) is 5.26. The Labute approximate surface area is 117 Å². The number of nitrogens with one attached hydrogen (secondary N) is 2. The minimum Gasteiger partial charge on any atom is -0.397 e. The highest BCUT2D eigenvalue weighted by molar-refractivity contribution is 6.01. The number of rotatable bonds is 3. The van der Waals surface area contributed by atoms with Crippen molar-refractivity contribution in [2.24, 2.45) is 0 Å². The third-order valence-electron chi connectivity index (χ3n) is 3.79. The number of amides is 2. The number of fused-ring (bicyclic) bond motifs is 1. The summed E-state index contributed by atoms with van der Waals surface area (Å²) < 4.78 is 0. The van der Waals surface area contributed by atoms with Crippen LogP contribution in [-0.4, -0.2) is 36.3 Å². The van der Waals surface area contributed by atoms with E-state index >= 15 is 0 Å². The van der Waals surface area contributed by atoms with Gasteiger partial charge in [-0.15, -0.1) is 0 Å². The van der Waals surface area contributed by atoms with Gasteiger partial charge in [0.25, 0.3) is 0 Å². The molecule has 4 N–H and O–H groups in total. The highest BCUT2D eigenvalue weighted by atomic mass is 16.2. The first-order valence-electron chi connectivity index (χ1n) is 6.87. The minimum absolute atomic E-state index is 0.0234. The molecule has 1 aromatic carbocycles. The topological polar surface area (TPSA) is 87.5 Å². The molecular weight excluding hydrogens is 256 g/mol. The lowest BCUT2D eigenvalue weighted by molar-refractivity contribution is -0.128. The maximum absolute atomic E-state index is 12.0. The van der Waals surface area contributed by atoms with E-state index in [9.17, 15) is 9.59 Å². The van der Waals surface area contributed by atoms with Gasteiger partial charge in [0.15, 0.2) is 0 Å². The second kappa shape index (κ2) is 5.03. The van der Waals surface area contributed by atoms with Gasteiger partial charge in [0.2, 0.25) is 11.8 Å². The van der Waals surface area contributed by atoms with E-state index < -0.39 is 0 Å². The van der Waals surface area contributed by atoms with Gasteiger partial charge in [-0.3, -0.25) is 9.59 Å². The minimum atomic E-state index is -0.0234. The summed E-state index contributed by atoms with van der Waals surface area (Å²) in [4.78, 5) is 25.2. The van der Waals surface area contributed by atoms with Crippen molar-refractivity contribution in [1.29, 1.82) is 0 Å². The molecule has 20 heavy (non-hydrogen) atoms. The van der Waals surface area contributed by atoms with Crippen LogP contribution in [0.1, 0.15) is 18.4 Å². The molecule has 1 aromatic rings. The summed E-state index contributed by atoms with van der Waals surface area (Å²) in [6.45, 7) is 1.92. The van der Waals surface area contributed by atoms with Gasteiger partial charge in [0.05, 0.1) is 24.3 Å². The summed E-state index contributed by atoms with van der Waals surface area (Å²) in [5, 5.41) is 5.84. The predicted molar refractivity (Wildman–Crippen MR) is 77.5 cm³/mol. The summed E-state index contributed by atoms with van der Waals surface area (Å²) in [5.41, 5.74) is 8.89. The number of carbonyl (C=O) groups excluding carboxylic acids is 2. The SMILES string of the molecule is Nc1cc2c(cc1NCC(=O)N1CCCC1)NC(=O)C2. The first kappa shape index (κ1) is 12.8. The van der Waals surface area contributed by atoms with Crippen molar-refractivity contribution < 1.29 is 9.59 Å². The van der Waals surface area contributed by atoms with Gasteiger partial charge < -0.3 is 21.3 Å². The van der Waals surface area contributed by atoms with Crippen LogP contribution in [0.15, 0.2) is 12.1 Å². The number of likely N-dealkylation sites (tertiary alicyclic amines) is 1. The lowest BCUT2D eigenvalue weighted by Gasteiger charge is -2.17. The van der Waals surface area contributed by atoms with Crippen LogP contribution in [-0.2, 0) is 16.0 Å². The Morgan fingerprint density at radius 3 is 2.85 bits per heavy atom. The lowest BCUT2D eigenvalue weighted by atomic mass is 10.1. The first-order chi connectivity index (χ1) is 9.63. The second-order valence-corrected chi connectivity index (χ2v) is 5.26. The van der Waals surface area contributed by atoms with Crippen molar-refractivity contribution in [3.63, 3.8) is 0 Å².